The summed E-state index contributed by atoms with van der Waals surface area (Å²) < 4.78 is 30.3. The first-order valence-electron chi connectivity index (χ1n) is 4.32. The summed E-state index contributed by atoms with van der Waals surface area (Å²) >= 11 is 1.07. The van der Waals surface area contributed by atoms with Crippen molar-refractivity contribution < 1.29 is 13.2 Å². The summed E-state index contributed by atoms with van der Waals surface area (Å²) in [7, 11) is 5.05. The van der Waals surface area contributed by atoms with Crippen LogP contribution in [-0.4, -0.2) is 41.3 Å². The van der Waals surface area contributed by atoms with Gasteiger partial charge in [-0.05, 0) is 10.8 Å². The quantitative estimate of drug-likeness (QED) is 0.711. The maximum absolute atomic E-state index is 12.0. The summed E-state index contributed by atoms with van der Waals surface area (Å²) in [6.45, 7) is 2.17. The van der Waals surface area contributed by atoms with E-state index in [4.69, 9.17) is 12.6 Å². The zero-order chi connectivity index (χ0) is 11.6. The van der Waals surface area contributed by atoms with E-state index in [1.807, 2.05) is 0 Å². The molecule has 0 unspecified atom stereocenters. The second kappa shape index (κ2) is 4.55. The average Bonchev–Trinajstić information content (AvgIpc) is 2.58. The smallest absolute Gasteiger partial charge is 0.256 e. The van der Waals surface area contributed by atoms with Crippen LogP contribution in [0.4, 0.5) is 0 Å². The first kappa shape index (κ1) is 12.5. The molecule has 0 saturated heterocycles. The van der Waals surface area contributed by atoms with E-state index in [1.54, 1.807) is 12.3 Å². The summed E-state index contributed by atoms with van der Waals surface area (Å²) in [5.74, 6) is 0.236. The zero-order valence-corrected chi connectivity index (χ0v) is 10.5. The third kappa shape index (κ3) is 2.19. The fourth-order valence-corrected chi connectivity index (χ4v) is 3.75. The van der Waals surface area contributed by atoms with Crippen LogP contribution in [0.15, 0.2) is 9.59 Å². The molecule has 0 amide bonds. The number of rotatable bonds is 4. The van der Waals surface area contributed by atoms with Crippen molar-refractivity contribution in [1.29, 1.82) is 0 Å². The maximum Gasteiger partial charge on any atom is 0.256 e. The van der Waals surface area contributed by atoms with Gasteiger partial charge >= 0.3 is 0 Å². The molecule has 0 fully saturated rings. The maximum atomic E-state index is 12.0. The summed E-state index contributed by atoms with van der Waals surface area (Å²) in [6.07, 6.45) is 0. The summed E-state index contributed by atoms with van der Waals surface area (Å²) in [5.41, 5.74) is 0.352. The minimum Gasteiger partial charge on any atom is -0.495 e. The fourth-order valence-electron chi connectivity index (χ4n) is 1.03. The lowest BCUT2D eigenvalue weighted by molar-refractivity contribution is 0.406. The molecule has 0 atom stereocenters. The zero-order valence-electron chi connectivity index (χ0n) is 8.85. The molecule has 0 bridgehead atoms. The third-order valence-corrected chi connectivity index (χ3v) is 5.46. The van der Waals surface area contributed by atoms with Gasteiger partial charge in [0.05, 0.1) is 7.11 Å². The summed E-state index contributed by atoms with van der Waals surface area (Å²) in [5, 5.41) is 1.56. The number of nitrogens with zero attached hydrogens (tertiary/aromatic N) is 1. The predicted octanol–water partition coefficient (Wildman–Crippen LogP) is 0.191. The van der Waals surface area contributed by atoms with Crippen molar-refractivity contribution >= 4 is 34.7 Å². The summed E-state index contributed by atoms with van der Waals surface area (Å²) in [4.78, 5) is 0. The van der Waals surface area contributed by atoms with Gasteiger partial charge in [0.25, 0.3) is 10.0 Å². The Morgan fingerprint density at radius 1 is 1.60 bits per heavy atom. The molecule has 2 radical (unpaired) electrons. The molecule has 15 heavy (non-hydrogen) atoms. The van der Waals surface area contributed by atoms with Crippen molar-refractivity contribution in [1.82, 2.24) is 4.31 Å². The minimum atomic E-state index is -3.46. The van der Waals surface area contributed by atoms with Crippen molar-refractivity contribution in [2.45, 2.75) is 11.1 Å². The molecular weight excluding hydrogens is 233 g/mol. The molecule has 0 aliphatic rings. The van der Waals surface area contributed by atoms with Crippen LogP contribution < -0.4 is 10.2 Å². The van der Waals surface area contributed by atoms with Crippen LogP contribution in [0.25, 0.3) is 0 Å². The Balaban J connectivity index is 3.27. The molecule has 0 aliphatic carbocycles. The van der Waals surface area contributed by atoms with Crippen LogP contribution in [0.3, 0.4) is 0 Å². The number of hydrogen-bond acceptors (Lipinski definition) is 4. The van der Waals surface area contributed by atoms with Crippen LogP contribution in [0, 0.1) is 0 Å². The van der Waals surface area contributed by atoms with Crippen LogP contribution >= 0.6 is 11.3 Å². The van der Waals surface area contributed by atoms with Gasteiger partial charge in [0, 0.05) is 13.6 Å². The molecule has 0 aliphatic heterocycles. The van der Waals surface area contributed by atoms with Gasteiger partial charge in [0.2, 0.25) is 0 Å². The van der Waals surface area contributed by atoms with Gasteiger partial charge in [0.1, 0.15) is 13.6 Å². The molecular formula is C8H12BNO3S2. The van der Waals surface area contributed by atoms with E-state index in [0.717, 1.165) is 11.3 Å². The van der Waals surface area contributed by atoms with Crippen LogP contribution in [0.1, 0.15) is 6.92 Å². The van der Waals surface area contributed by atoms with Crippen molar-refractivity contribution in [3.63, 3.8) is 0 Å². The molecule has 1 aromatic rings. The first-order chi connectivity index (χ1) is 6.95. The number of methoxy groups -OCH3 is 1. The largest absolute Gasteiger partial charge is 0.495 e. The highest BCUT2D eigenvalue weighted by Gasteiger charge is 2.26. The Kier molecular flexibility index (Phi) is 3.80. The Morgan fingerprint density at radius 3 is 2.67 bits per heavy atom. The molecule has 0 saturated carbocycles. The van der Waals surface area contributed by atoms with Crippen LogP contribution in [0.5, 0.6) is 5.75 Å². The van der Waals surface area contributed by atoms with E-state index in [9.17, 15) is 8.42 Å². The second-order valence-corrected chi connectivity index (χ2v) is 6.05. The topological polar surface area (TPSA) is 46.6 Å². The Labute approximate surface area is 95.3 Å². The van der Waals surface area contributed by atoms with E-state index in [1.165, 1.54) is 18.5 Å². The third-order valence-electron chi connectivity index (χ3n) is 2.03. The molecule has 1 rings (SSSR count). The van der Waals surface area contributed by atoms with Crippen molar-refractivity contribution in [3.8, 4) is 5.75 Å². The van der Waals surface area contributed by atoms with Gasteiger partial charge in [-0.15, -0.1) is 11.3 Å². The number of sulfonamides is 1. The van der Waals surface area contributed by atoms with E-state index in [0.29, 0.717) is 12.0 Å². The van der Waals surface area contributed by atoms with Crippen LogP contribution in [-0.2, 0) is 10.0 Å². The van der Waals surface area contributed by atoms with E-state index < -0.39 is 10.0 Å². The van der Waals surface area contributed by atoms with Crippen molar-refractivity contribution in [2.75, 3.05) is 20.7 Å². The van der Waals surface area contributed by atoms with Gasteiger partial charge in [-0.2, -0.15) is 0 Å². The lowest BCUT2D eigenvalue weighted by atomic mass is 10.0. The average molecular weight is 245 g/mol. The van der Waals surface area contributed by atoms with Gasteiger partial charge in [-0.25, -0.2) is 12.7 Å². The number of hydrogen-bond donors (Lipinski definition) is 0. The normalized spacial score (nSPS) is 12.0. The lowest BCUT2D eigenvalue weighted by Crippen LogP contribution is -2.26. The molecule has 1 heterocycles. The molecule has 0 aromatic carbocycles. The van der Waals surface area contributed by atoms with Crippen molar-refractivity contribution in [3.05, 3.63) is 5.38 Å². The van der Waals surface area contributed by atoms with Gasteiger partial charge in [-0.3, -0.25) is 0 Å². The molecule has 1 aromatic heterocycles. The van der Waals surface area contributed by atoms with Gasteiger partial charge < -0.3 is 4.74 Å². The van der Waals surface area contributed by atoms with E-state index in [-0.39, 0.29) is 9.96 Å². The molecule has 7 heteroatoms. The number of ether oxygens (including phenoxy) is 1. The standard InChI is InChI=1S/C8H12BNO3S2/c1-4-10(2)15(11,12)8-7(13-3)6(9)5-14-8/h5H,4H2,1-3H3. The lowest BCUT2D eigenvalue weighted by Gasteiger charge is -2.14. The Hall–Kier alpha value is -0.525. The summed E-state index contributed by atoms with van der Waals surface area (Å²) in [6, 6.07) is 0. The Morgan fingerprint density at radius 2 is 2.20 bits per heavy atom. The fraction of sp³-hybridized carbons (Fsp3) is 0.500. The predicted molar refractivity (Wildman–Crippen MR) is 61.7 cm³/mol. The molecule has 0 spiro atoms. The highest BCUT2D eigenvalue weighted by Crippen LogP contribution is 2.29. The van der Waals surface area contributed by atoms with Crippen LogP contribution in [0.2, 0.25) is 0 Å². The molecule has 82 valence electrons. The Bertz CT molecular complexity index is 441. The molecule has 4 nitrogen and oxygen atoms in total. The molecule has 0 N–H and O–H groups in total. The SMILES string of the molecule is [B]c1csc(S(=O)(=O)N(C)CC)c1OC. The first-order valence-corrected chi connectivity index (χ1v) is 6.64. The minimum absolute atomic E-state index is 0.159. The van der Waals surface area contributed by atoms with E-state index >= 15 is 0 Å². The highest BCUT2D eigenvalue weighted by molar-refractivity contribution is 7.91. The second-order valence-electron chi connectivity index (χ2n) is 2.93. The highest BCUT2D eigenvalue weighted by atomic mass is 32.2. The van der Waals surface area contributed by atoms with Crippen molar-refractivity contribution in [2.24, 2.45) is 0 Å². The van der Waals surface area contributed by atoms with Gasteiger partial charge in [0.15, 0.2) is 4.21 Å². The van der Waals surface area contributed by atoms with Gasteiger partial charge in [-0.1, -0.05) is 6.92 Å². The van der Waals surface area contributed by atoms with E-state index in [2.05, 4.69) is 0 Å². The monoisotopic (exact) mass is 245 g/mol. The number of thiophene rings is 1.